The average Bonchev–Trinajstić information content (AvgIpc) is 3.65. The maximum Gasteiger partial charge on any atom is 0.324 e. The molecule has 0 fully saturated rings. The lowest BCUT2D eigenvalue weighted by atomic mass is 10.0. The number of urea groups is 1. The minimum Gasteiger partial charge on any atom is -0.481 e. The van der Waals surface area contributed by atoms with E-state index in [-0.39, 0.29) is 13.1 Å². The summed E-state index contributed by atoms with van der Waals surface area (Å²) in [6.07, 6.45) is 8.37. The number of ether oxygens (including phenoxy) is 1. The number of carboxylic acids is 1. The van der Waals surface area contributed by atoms with Crippen LogP contribution in [0, 0.1) is 0 Å². The molecule has 0 unspecified atom stereocenters. The van der Waals surface area contributed by atoms with E-state index in [1.54, 1.807) is 29.4 Å². The third-order valence-electron chi connectivity index (χ3n) is 7.67. The molecule has 3 amide bonds. The third-order valence-corrected chi connectivity index (χ3v) is 7.67. The average molecular weight is 578 g/mol. The zero-order valence-electron chi connectivity index (χ0n) is 23.4. The van der Waals surface area contributed by atoms with Crippen LogP contribution < -0.4 is 5.32 Å². The van der Waals surface area contributed by atoms with Crippen LogP contribution in [0.4, 0.5) is 4.79 Å². The molecule has 5 aromatic rings. The lowest BCUT2D eigenvalue weighted by Gasteiger charge is -2.26. The minimum absolute atomic E-state index is 0.000248. The van der Waals surface area contributed by atoms with Gasteiger partial charge in [-0.2, -0.15) is 0 Å². The highest BCUT2D eigenvalue weighted by Gasteiger charge is 2.33. The van der Waals surface area contributed by atoms with Crippen molar-refractivity contribution in [2.75, 3.05) is 19.8 Å². The number of nitrogens with zero attached hydrogens (tertiary/aromatic N) is 4. The summed E-state index contributed by atoms with van der Waals surface area (Å²) in [4.78, 5) is 44.6. The number of nitrogens with one attached hydrogen (secondary N) is 1. The first-order valence-corrected chi connectivity index (χ1v) is 14.1. The van der Waals surface area contributed by atoms with Crippen molar-refractivity contribution in [3.05, 3.63) is 103 Å². The highest BCUT2D eigenvalue weighted by molar-refractivity contribution is 5.98. The van der Waals surface area contributed by atoms with E-state index in [0.717, 1.165) is 43.6 Å². The van der Waals surface area contributed by atoms with Gasteiger partial charge in [-0.3, -0.25) is 19.5 Å². The fourth-order valence-electron chi connectivity index (χ4n) is 5.49. The standard InChI is InChI=1S/C33H31N5O5/c39-31(40)19-30(36-15-11-26(20-36)24-7-5-23(6-8-24)25-9-12-34-13-10-25)32(41)38-22-27-21-37(29-4-2-1-3-28(27)29)16-18-43-17-14-35-33(38)42/h1-13,15,20-21,30H,14,16-19,22H2,(H,35,42)(H,39,40)/t30-/m1/s1. The number of rotatable bonds is 6. The number of benzene rings is 2. The van der Waals surface area contributed by atoms with Crippen molar-refractivity contribution in [1.82, 2.24) is 24.3 Å². The topological polar surface area (TPSA) is 119 Å². The molecule has 3 aromatic heterocycles. The second-order valence-corrected chi connectivity index (χ2v) is 10.4. The van der Waals surface area contributed by atoms with Gasteiger partial charge in [-0.25, -0.2) is 4.79 Å². The van der Waals surface area contributed by atoms with Crippen LogP contribution in [0.25, 0.3) is 33.2 Å². The van der Waals surface area contributed by atoms with Crippen LogP contribution in [-0.4, -0.2) is 61.8 Å². The summed E-state index contributed by atoms with van der Waals surface area (Å²) in [5.74, 6) is -1.75. The van der Waals surface area contributed by atoms with E-state index >= 15 is 0 Å². The van der Waals surface area contributed by atoms with Crippen LogP contribution in [0.1, 0.15) is 18.0 Å². The summed E-state index contributed by atoms with van der Waals surface area (Å²) < 4.78 is 9.33. The van der Waals surface area contributed by atoms with Crippen LogP contribution in [-0.2, 0) is 27.4 Å². The van der Waals surface area contributed by atoms with E-state index in [4.69, 9.17) is 4.74 Å². The predicted octanol–water partition coefficient (Wildman–Crippen LogP) is 4.96. The number of carbonyl (C=O) groups is 3. The molecule has 0 spiro atoms. The van der Waals surface area contributed by atoms with E-state index in [9.17, 15) is 19.5 Å². The first-order valence-electron chi connectivity index (χ1n) is 14.1. The number of para-hydroxylation sites is 1. The van der Waals surface area contributed by atoms with Gasteiger partial charge in [0.05, 0.1) is 26.2 Å². The van der Waals surface area contributed by atoms with Gasteiger partial charge in [0.2, 0.25) is 0 Å². The fraction of sp³-hybridized carbons (Fsp3) is 0.212. The van der Waals surface area contributed by atoms with Crippen LogP contribution in [0.15, 0.2) is 97.7 Å². The molecule has 0 radical (unpaired) electrons. The molecule has 43 heavy (non-hydrogen) atoms. The monoisotopic (exact) mass is 577 g/mol. The van der Waals surface area contributed by atoms with Gasteiger partial charge < -0.3 is 24.3 Å². The molecule has 6 rings (SSSR count). The molecule has 1 aliphatic rings. The number of carbonyl (C=O) groups excluding carboxylic acids is 2. The van der Waals surface area contributed by atoms with Crippen molar-refractivity contribution in [1.29, 1.82) is 0 Å². The molecule has 10 nitrogen and oxygen atoms in total. The maximum atomic E-state index is 14.1. The molecule has 0 saturated carbocycles. The number of aromatic nitrogens is 3. The van der Waals surface area contributed by atoms with Gasteiger partial charge in [-0.05, 0) is 52.1 Å². The molecule has 218 valence electrons. The van der Waals surface area contributed by atoms with E-state index in [2.05, 4.69) is 14.9 Å². The lowest BCUT2D eigenvalue weighted by Crippen LogP contribution is -2.47. The number of hydrogen-bond acceptors (Lipinski definition) is 5. The van der Waals surface area contributed by atoms with E-state index in [1.165, 1.54) is 0 Å². The number of aliphatic carboxylic acids is 1. The van der Waals surface area contributed by atoms with Gasteiger partial charge in [-0.1, -0.05) is 42.5 Å². The van der Waals surface area contributed by atoms with Crippen molar-refractivity contribution in [2.24, 2.45) is 0 Å². The van der Waals surface area contributed by atoms with Crippen molar-refractivity contribution in [2.45, 2.75) is 25.6 Å². The van der Waals surface area contributed by atoms with Gasteiger partial charge in [0.15, 0.2) is 0 Å². The Morgan fingerprint density at radius 3 is 2.40 bits per heavy atom. The number of imide groups is 1. The Morgan fingerprint density at radius 1 is 0.907 bits per heavy atom. The zero-order valence-corrected chi connectivity index (χ0v) is 23.4. The lowest BCUT2D eigenvalue weighted by molar-refractivity contribution is -0.143. The SMILES string of the molecule is O=C(O)C[C@H](C(=O)N1Cc2cn(c3ccccc23)CCOCCNC1=O)n1ccc(-c2ccc(-c3ccncc3)cc2)c1. The summed E-state index contributed by atoms with van der Waals surface area (Å²) in [5.41, 5.74) is 5.58. The number of hydrogen-bond donors (Lipinski definition) is 2. The number of amides is 3. The van der Waals surface area contributed by atoms with Crippen LogP contribution >= 0.6 is 0 Å². The van der Waals surface area contributed by atoms with Gasteiger partial charge in [0.25, 0.3) is 5.91 Å². The van der Waals surface area contributed by atoms with Gasteiger partial charge in [0.1, 0.15) is 6.04 Å². The summed E-state index contributed by atoms with van der Waals surface area (Å²) in [6.45, 7) is 1.62. The Morgan fingerprint density at radius 2 is 1.63 bits per heavy atom. The molecule has 10 heteroatoms. The molecule has 2 aromatic carbocycles. The molecule has 1 atom stereocenters. The van der Waals surface area contributed by atoms with E-state index in [1.807, 2.05) is 72.9 Å². The van der Waals surface area contributed by atoms with Crippen LogP contribution in [0.2, 0.25) is 0 Å². The second-order valence-electron chi connectivity index (χ2n) is 10.4. The molecular weight excluding hydrogens is 546 g/mol. The Balaban J connectivity index is 1.31. The molecular formula is C33H31N5O5. The molecule has 1 aliphatic heterocycles. The maximum absolute atomic E-state index is 14.1. The molecule has 4 heterocycles. The second kappa shape index (κ2) is 12.3. The van der Waals surface area contributed by atoms with Crippen LogP contribution in [0.3, 0.4) is 0 Å². The molecule has 2 bridgehead atoms. The molecule has 0 saturated heterocycles. The zero-order chi connectivity index (χ0) is 29.8. The predicted molar refractivity (Wildman–Crippen MR) is 161 cm³/mol. The highest BCUT2D eigenvalue weighted by atomic mass is 16.5. The molecule has 0 aliphatic carbocycles. The van der Waals surface area contributed by atoms with Crippen molar-refractivity contribution >= 4 is 28.8 Å². The van der Waals surface area contributed by atoms with Crippen molar-refractivity contribution in [3.8, 4) is 22.3 Å². The van der Waals surface area contributed by atoms with Gasteiger partial charge in [-0.15, -0.1) is 0 Å². The number of pyridine rings is 1. The molecule has 2 N–H and O–H groups in total. The summed E-state index contributed by atoms with van der Waals surface area (Å²) in [7, 11) is 0. The van der Waals surface area contributed by atoms with Gasteiger partial charge >= 0.3 is 12.0 Å². The van der Waals surface area contributed by atoms with Gasteiger partial charge in [0, 0.05) is 55.0 Å². The first kappa shape index (κ1) is 27.9. The summed E-state index contributed by atoms with van der Waals surface area (Å²) >= 11 is 0. The Bertz CT molecular complexity index is 1760. The number of carboxylic acid groups (broad SMARTS) is 1. The Kier molecular flexibility index (Phi) is 8.01. The van der Waals surface area contributed by atoms with E-state index < -0.39 is 30.4 Å². The number of fused-ring (bicyclic) bond motifs is 5. The van der Waals surface area contributed by atoms with Crippen molar-refractivity contribution in [3.63, 3.8) is 0 Å². The Hall–Kier alpha value is -5.22. The van der Waals surface area contributed by atoms with E-state index in [0.29, 0.717) is 19.8 Å². The highest BCUT2D eigenvalue weighted by Crippen LogP contribution is 2.29. The summed E-state index contributed by atoms with van der Waals surface area (Å²) in [6, 6.07) is 19.7. The smallest absolute Gasteiger partial charge is 0.324 e. The Labute approximate surface area is 248 Å². The minimum atomic E-state index is -1.14. The quantitative estimate of drug-likeness (QED) is 0.295. The third kappa shape index (κ3) is 6.05. The summed E-state index contributed by atoms with van der Waals surface area (Å²) in [5, 5.41) is 13.5. The first-order chi connectivity index (χ1) is 21.0. The largest absolute Gasteiger partial charge is 0.481 e. The van der Waals surface area contributed by atoms with Crippen LogP contribution in [0.5, 0.6) is 0 Å². The van der Waals surface area contributed by atoms with Crippen molar-refractivity contribution < 1.29 is 24.2 Å². The normalized spacial score (nSPS) is 14.9. The fourth-order valence-corrected chi connectivity index (χ4v) is 5.49.